The molecule has 0 spiro atoms. The quantitative estimate of drug-likeness (QED) is 0.485. The van der Waals surface area contributed by atoms with Crippen molar-refractivity contribution in [2.24, 2.45) is 0 Å². The lowest BCUT2D eigenvalue weighted by atomic mass is 10.3. The van der Waals surface area contributed by atoms with Gasteiger partial charge in [-0.3, -0.25) is 10.1 Å². The van der Waals surface area contributed by atoms with Crippen LogP contribution in [-0.4, -0.2) is 10.4 Å². The highest BCUT2D eigenvalue weighted by Crippen LogP contribution is 2.39. The van der Waals surface area contributed by atoms with E-state index < -0.39 is 21.3 Å². The standard InChI is InChI=1S/C13H9F3NO2S/c14-13(15,16)20(11-6-2-1-3-7-11)12-8-4-5-10(9-12)17(18)19/h1-9H/q+1. The number of rotatable bonds is 3. The van der Waals surface area contributed by atoms with Gasteiger partial charge in [0, 0.05) is 6.07 Å². The van der Waals surface area contributed by atoms with Gasteiger partial charge in [0.1, 0.15) is 0 Å². The Morgan fingerprint density at radius 1 is 0.950 bits per heavy atom. The van der Waals surface area contributed by atoms with E-state index in [0.717, 1.165) is 6.07 Å². The van der Waals surface area contributed by atoms with Crippen LogP contribution in [0.4, 0.5) is 18.9 Å². The highest BCUT2D eigenvalue weighted by atomic mass is 32.2. The van der Waals surface area contributed by atoms with E-state index in [-0.39, 0.29) is 15.5 Å². The van der Waals surface area contributed by atoms with Gasteiger partial charge >= 0.3 is 5.51 Å². The van der Waals surface area contributed by atoms with E-state index in [0.29, 0.717) is 0 Å². The van der Waals surface area contributed by atoms with Crippen molar-refractivity contribution in [2.45, 2.75) is 15.3 Å². The summed E-state index contributed by atoms with van der Waals surface area (Å²) in [5.74, 6) is 0. The fourth-order valence-electron chi connectivity index (χ4n) is 1.68. The highest BCUT2D eigenvalue weighted by Gasteiger charge is 2.54. The third-order valence-electron chi connectivity index (χ3n) is 2.47. The second-order valence-electron chi connectivity index (χ2n) is 3.82. The Labute approximate surface area is 115 Å². The lowest BCUT2D eigenvalue weighted by molar-refractivity contribution is -0.385. The van der Waals surface area contributed by atoms with Gasteiger partial charge in [0.25, 0.3) is 5.69 Å². The molecular weight excluding hydrogens is 291 g/mol. The SMILES string of the molecule is O=[N+]([O-])c1cccc([S+](c2ccccc2)C(F)(F)F)c1. The van der Waals surface area contributed by atoms with Gasteiger partial charge in [-0.05, 0) is 18.2 Å². The first kappa shape index (κ1) is 14.4. The average molecular weight is 300 g/mol. The number of benzene rings is 2. The predicted octanol–water partition coefficient (Wildman–Crippen LogP) is 4.15. The first-order valence-corrected chi connectivity index (χ1v) is 6.72. The molecule has 0 bridgehead atoms. The smallest absolute Gasteiger partial charge is 0.258 e. The molecule has 0 saturated carbocycles. The molecule has 0 fully saturated rings. The van der Waals surface area contributed by atoms with Gasteiger partial charge in [0.2, 0.25) is 0 Å². The van der Waals surface area contributed by atoms with E-state index in [1.807, 2.05) is 0 Å². The van der Waals surface area contributed by atoms with Crippen molar-refractivity contribution >= 4 is 16.6 Å². The molecule has 0 aliphatic heterocycles. The topological polar surface area (TPSA) is 43.1 Å². The zero-order valence-electron chi connectivity index (χ0n) is 10.0. The average Bonchev–Trinajstić information content (AvgIpc) is 2.39. The molecule has 20 heavy (non-hydrogen) atoms. The van der Waals surface area contributed by atoms with Crippen LogP contribution in [0.5, 0.6) is 0 Å². The van der Waals surface area contributed by atoms with Crippen molar-refractivity contribution in [2.75, 3.05) is 0 Å². The molecule has 2 aromatic carbocycles. The summed E-state index contributed by atoms with van der Waals surface area (Å²) >= 11 is 0. The fourth-order valence-corrected chi connectivity index (χ4v) is 3.37. The Bertz CT molecular complexity index is 617. The summed E-state index contributed by atoms with van der Waals surface area (Å²) in [6.07, 6.45) is 0. The third kappa shape index (κ3) is 3.11. The normalized spacial score (nSPS) is 12.9. The van der Waals surface area contributed by atoms with E-state index in [1.165, 1.54) is 42.5 Å². The van der Waals surface area contributed by atoms with Crippen LogP contribution in [0.25, 0.3) is 0 Å². The van der Waals surface area contributed by atoms with Gasteiger partial charge in [0.15, 0.2) is 20.7 Å². The Hall–Kier alpha value is -2.02. The maximum atomic E-state index is 13.3. The van der Waals surface area contributed by atoms with E-state index >= 15 is 0 Å². The molecule has 0 aliphatic rings. The van der Waals surface area contributed by atoms with Crippen molar-refractivity contribution in [3.63, 3.8) is 0 Å². The second kappa shape index (κ2) is 5.54. The number of halogens is 3. The molecule has 7 heteroatoms. The molecular formula is C13H9F3NO2S+. The molecule has 0 amide bonds. The fraction of sp³-hybridized carbons (Fsp3) is 0.0769. The molecule has 0 radical (unpaired) electrons. The molecule has 1 unspecified atom stereocenters. The van der Waals surface area contributed by atoms with Crippen molar-refractivity contribution in [1.82, 2.24) is 0 Å². The largest absolute Gasteiger partial charge is 0.586 e. The number of hydrogen-bond donors (Lipinski definition) is 0. The number of alkyl halides is 3. The molecule has 1 atom stereocenters. The molecule has 0 aliphatic carbocycles. The summed E-state index contributed by atoms with van der Waals surface area (Å²) < 4.78 is 39.8. The maximum absolute atomic E-state index is 13.3. The van der Waals surface area contributed by atoms with E-state index in [9.17, 15) is 23.3 Å². The van der Waals surface area contributed by atoms with Crippen LogP contribution in [0.1, 0.15) is 0 Å². The van der Waals surface area contributed by atoms with Crippen LogP contribution in [0.3, 0.4) is 0 Å². The summed E-state index contributed by atoms with van der Waals surface area (Å²) in [7, 11) is -2.20. The molecule has 0 N–H and O–H groups in total. The Morgan fingerprint density at radius 3 is 2.10 bits per heavy atom. The summed E-state index contributed by atoms with van der Waals surface area (Å²) in [4.78, 5) is 9.96. The zero-order chi connectivity index (χ0) is 14.8. The van der Waals surface area contributed by atoms with Crippen LogP contribution in [0.2, 0.25) is 0 Å². The summed E-state index contributed by atoms with van der Waals surface area (Å²) in [5, 5.41) is 10.7. The van der Waals surface area contributed by atoms with Crippen molar-refractivity contribution in [1.29, 1.82) is 0 Å². The van der Waals surface area contributed by atoms with Crippen molar-refractivity contribution in [3.8, 4) is 0 Å². The lowest BCUT2D eigenvalue weighted by Crippen LogP contribution is -2.24. The van der Waals surface area contributed by atoms with Crippen LogP contribution in [0, 0.1) is 10.1 Å². The van der Waals surface area contributed by atoms with Crippen molar-refractivity contribution in [3.05, 3.63) is 64.7 Å². The van der Waals surface area contributed by atoms with E-state index in [2.05, 4.69) is 0 Å². The summed E-state index contributed by atoms with van der Waals surface area (Å²) in [6.45, 7) is 0. The summed E-state index contributed by atoms with van der Waals surface area (Å²) in [5.41, 5.74) is -4.84. The van der Waals surface area contributed by atoms with Gasteiger partial charge in [-0.1, -0.05) is 24.3 Å². The Kier molecular flexibility index (Phi) is 3.99. The summed E-state index contributed by atoms with van der Waals surface area (Å²) in [6, 6.07) is 12.1. The number of non-ortho nitro benzene ring substituents is 1. The van der Waals surface area contributed by atoms with E-state index in [4.69, 9.17) is 0 Å². The number of nitro groups is 1. The Morgan fingerprint density at radius 2 is 1.55 bits per heavy atom. The minimum absolute atomic E-state index is 0.0838. The number of hydrogen-bond acceptors (Lipinski definition) is 2. The molecule has 2 aromatic rings. The monoisotopic (exact) mass is 300 g/mol. The first-order chi connectivity index (χ1) is 9.39. The predicted molar refractivity (Wildman–Crippen MR) is 69.5 cm³/mol. The molecule has 104 valence electrons. The van der Waals surface area contributed by atoms with Gasteiger partial charge in [-0.25, -0.2) is 0 Å². The van der Waals surface area contributed by atoms with Crippen LogP contribution >= 0.6 is 0 Å². The minimum atomic E-state index is -4.49. The number of nitro benzene ring substituents is 1. The molecule has 0 aromatic heterocycles. The second-order valence-corrected chi connectivity index (χ2v) is 5.84. The van der Waals surface area contributed by atoms with Gasteiger partial charge < -0.3 is 0 Å². The van der Waals surface area contributed by atoms with E-state index in [1.54, 1.807) is 6.07 Å². The van der Waals surface area contributed by atoms with Crippen molar-refractivity contribution < 1.29 is 18.1 Å². The molecule has 3 nitrogen and oxygen atoms in total. The van der Waals surface area contributed by atoms with Crippen LogP contribution in [0.15, 0.2) is 64.4 Å². The molecule has 0 saturated heterocycles. The first-order valence-electron chi connectivity index (χ1n) is 5.50. The van der Waals surface area contributed by atoms with Gasteiger partial charge in [-0.15, -0.1) is 13.2 Å². The third-order valence-corrected chi connectivity index (χ3v) is 4.41. The zero-order valence-corrected chi connectivity index (χ0v) is 10.8. The van der Waals surface area contributed by atoms with Crippen LogP contribution < -0.4 is 0 Å². The molecule has 0 heterocycles. The maximum Gasteiger partial charge on any atom is 0.586 e. The highest BCUT2D eigenvalue weighted by molar-refractivity contribution is 7.97. The molecule has 2 rings (SSSR count). The Balaban J connectivity index is 2.53. The van der Waals surface area contributed by atoms with Gasteiger partial charge in [-0.2, -0.15) is 0 Å². The van der Waals surface area contributed by atoms with Gasteiger partial charge in [0.05, 0.1) is 11.0 Å². The van der Waals surface area contributed by atoms with Crippen LogP contribution in [-0.2, 0) is 10.9 Å². The minimum Gasteiger partial charge on any atom is -0.258 e. The lowest BCUT2D eigenvalue weighted by Gasteiger charge is -2.09. The number of nitrogens with zero attached hydrogens (tertiary/aromatic N) is 1.